The first-order chi connectivity index (χ1) is 7.84. The fraction of sp³-hybridized carbons (Fsp3) is 0. The summed E-state index contributed by atoms with van der Waals surface area (Å²) < 4.78 is 5.56. The molecule has 2 heterocycles. The van der Waals surface area contributed by atoms with E-state index < -0.39 is 0 Å². The SMILES string of the molecule is Sc1ccccc1-c1nc2cccnc2o1. The number of hydrogen-bond donors (Lipinski definition) is 1. The largest absolute Gasteiger partial charge is 0.418 e. The van der Waals surface area contributed by atoms with Gasteiger partial charge in [-0.2, -0.15) is 0 Å². The van der Waals surface area contributed by atoms with E-state index in [1.165, 1.54) is 0 Å². The van der Waals surface area contributed by atoms with Gasteiger partial charge in [-0.3, -0.25) is 0 Å². The minimum absolute atomic E-state index is 0.550. The predicted molar refractivity (Wildman–Crippen MR) is 64.5 cm³/mol. The lowest BCUT2D eigenvalue weighted by Crippen LogP contribution is -1.78. The van der Waals surface area contributed by atoms with Crippen molar-refractivity contribution in [2.75, 3.05) is 0 Å². The van der Waals surface area contributed by atoms with E-state index in [1.54, 1.807) is 6.20 Å². The topological polar surface area (TPSA) is 38.9 Å². The molecule has 3 nitrogen and oxygen atoms in total. The number of aromatic nitrogens is 2. The van der Waals surface area contributed by atoms with E-state index in [2.05, 4.69) is 22.6 Å². The van der Waals surface area contributed by atoms with Crippen LogP contribution in [0.15, 0.2) is 51.9 Å². The van der Waals surface area contributed by atoms with Gasteiger partial charge in [-0.05, 0) is 24.3 Å². The third-order valence-corrected chi connectivity index (χ3v) is 2.69. The third-order valence-electron chi connectivity index (χ3n) is 2.30. The number of hydrogen-bond acceptors (Lipinski definition) is 4. The molecule has 0 fully saturated rings. The average Bonchev–Trinajstić information content (AvgIpc) is 2.73. The molecule has 0 N–H and O–H groups in total. The van der Waals surface area contributed by atoms with Crippen molar-refractivity contribution in [3.05, 3.63) is 42.6 Å². The Balaban J connectivity index is 2.23. The van der Waals surface area contributed by atoms with Crippen molar-refractivity contribution >= 4 is 23.9 Å². The quantitative estimate of drug-likeness (QED) is 0.650. The molecule has 2 aromatic heterocycles. The van der Waals surface area contributed by atoms with Crippen molar-refractivity contribution in [1.82, 2.24) is 9.97 Å². The molecular formula is C12H8N2OS. The highest BCUT2D eigenvalue weighted by molar-refractivity contribution is 7.80. The van der Waals surface area contributed by atoms with Crippen LogP contribution in [0.4, 0.5) is 0 Å². The summed E-state index contributed by atoms with van der Waals surface area (Å²) in [6.07, 6.45) is 1.68. The van der Waals surface area contributed by atoms with Gasteiger partial charge in [0.1, 0.15) is 5.52 Å². The van der Waals surface area contributed by atoms with E-state index >= 15 is 0 Å². The van der Waals surface area contributed by atoms with Crippen LogP contribution in [0, 0.1) is 0 Å². The highest BCUT2D eigenvalue weighted by Gasteiger charge is 2.10. The van der Waals surface area contributed by atoms with Crippen LogP contribution in [0.3, 0.4) is 0 Å². The summed E-state index contributed by atoms with van der Waals surface area (Å²) in [7, 11) is 0. The van der Waals surface area contributed by atoms with Gasteiger partial charge in [0.15, 0.2) is 0 Å². The van der Waals surface area contributed by atoms with Gasteiger partial charge < -0.3 is 4.42 Å². The molecule has 78 valence electrons. The van der Waals surface area contributed by atoms with Crippen molar-refractivity contribution in [3.8, 4) is 11.5 Å². The highest BCUT2D eigenvalue weighted by Crippen LogP contribution is 2.27. The summed E-state index contributed by atoms with van der Waals surface area (Å²) in [6.45, 7) is 0. The zero-order valence-electron chi connectivity index (χ0n) is 8.29. The molecule has 0 saturated heterocycles. The van der Waals surface area contributed by atoms with Crippen LogP contribution in [-0.2, 0) is 0 Å². The number of fused-ring (bicyclic) bond motifs is 1. The maximum Gasteiger partial charge on any atom is 0.247 e. The van der Waals surface area contributed by atoms with Gasteiger partial charge >= 0.3 is 0 Å². The maximum atomic E-state index is 5.56. The first kappa shape index (κ1) is 9.42. The summed E-state index contributed by atoms with van der Waals surface area (Å²) >= 11 is 4.37. The van der Waals surface area contributed by atoms with Gasteiger partial charge in [-0.1, -0.05) is 12.1 Å². The second kappa shape index (κ2) is 3.64. The zero-order chi connectivity index (χ0) is 11.0. The van der Waals surface area contributed by atoms with E-state index in [0.717, 1.165) is 16.0 Å². The van der Waals surface area contributed by atoms with Crippen LogP contribution >= 0.6 is 12.6 Å². The van der Waals surface area contributed by atoms with E-state index in [0.29, 0.717) is 11.6 Å². The standard InChI is InChI=1S/C12H8N2OS/c16-10-6-2-1-4-8(10)11-14-9-5-3-7-13-12(9)15-11/h1-7,16H. The van der Waals surface area contributed by atoms with Gasteiger partial charge in [-0.25, -0.2) is 9.97 Å². The van der Waals surface area contributed by atoms with Crippen molar-refractivity contribution < 1.29 is 4.42 Å². The molecule has 0 unspecified atom stereocenters. The summed E-state index contributed by atoms with van der Waals surface area (Å²) in [6, 6.07) is 11.4. The molecule has 0 saturated carbocycles. The van der Waals surface area contributed by atoms with Crippen molar-refractivity contribution in [1.29, 1.82) is 0 Å². The van der Waals surface area contributed by atoms with Crippen LogP contribution in [0.5, 0.6) is 0 Å². The molecule has 0 aliphatic heterocycles. The fourth-order valence-electron chi connectivity index (χ4n) is 1.54. The molecule has 3 aromatic rings. The molecule has 0 bridgehead atoms. The Morgan fingerprint density at radius 3 is 2.75 bits per heavy atom. The molecule has 0 amide bonds. The molecule has 0 radical (unpaired) electrons. The smallest absolute Gasteiger partial charge is 0.247 e. The Morgan fingerprint density at radius 2 is 1.94 bits per heavy atom. The van der Waals surface area contributed by atoms with Gasteiger partial charge in [0.25, 0.3) is 0 Å². The second-order valence-corrected chi connectivity index (χ2v) is 3.85. The normalized spacial score (nSPS) is 10.8. The maximum absolute atomic E-state index is 5.56. The third kappa shape index (κ3) is 1.47. The lowest BCUT2D eigenvalue weighted by Gasteiger charge is -1.97. The molecule has 0 atom stereocenters. The molecule has 16 heavy (non-hydrogen) atoms. The summed E-state index contributed by atoms with van der Waals surface area (Å²) in [5.41, 5.74) is 2.19. The first-order valence-electron chi connectivity index (χ1n) is 4.84. The zero-order valence-corrected chi connectivity index (χ0v) is 9.19. The van der Waals surface area contributed by atoms with Gasteiger partial charge in [-0.15, -0.1) is 12.6 Å². The average molecular weight is 228 g/mol. The Kier molecular flexibility index (Phi) is 2.15. The monoisotopic (exact) mass is 228 g/mol. The van der Waals surface area contributed by atoms with E-state index in [1.807, 2.05) is 36.4 Å². The number of nitrogens with zero attached hydrogens (tertiary/aromatic N) is 2. The number of oxazole rings is 1. The Hall–Kier alpha value is -1.81. The second-order valence-electron chi connectivity index (χ2n) is 3.36. The summed E-state index contributed by atoms with van der Waals surface area (Å²) in [5.74, 6) is 0.555. The van der Waals surface area contributed by atoms with Crippen LogP contribution in [0.2, 0.25) is 0 Å². The first-order valence-corrected chi connectivity index (χ1v) is 5.29. The molecule has 0 aliphatic carbocycles. The Labute approximate surface area is 97.6 Å². The molecule has 0 aliphatic rings. The van der Waals surface area contributed by atoms with Crippen molar-refractivity contribution in [2.45, 2.75) is 4.90 Å². The Morgan fingerprint density at radius 1 is 1.06 bits per heavy atom. The van der Waals surface area contributed by atoms with E-state index in [-0.39, 0.29) is 0 Å². The number of thiol groups is 1. The molecule has 3 rings (SSSR count). The van der Waals surface area contributed by atoms with Gasteiger partial charge in [0.05, 0.1) is 5.56 Å². The number of benzene rings is 1. The molecule has 4 heteroatoms. The Bertz CT molecular complexity index is 615. The lowest BCUT2D eigenvalue weighted by molar-refractivity contribution is 0.606. The molecular weight excluding hydrogens is 220 g/mol. The number of rotatable bonds is 1. The lowest BCUT2D eigenvalue weighted by atomic mass is 10.2. The van der Waals surface area contributed by atoms with Gasteiger partial charge in [0.2, 0.25) is 11.6 Å². The number of pyridine rings is 1. The summed E-state index contributed by atoms with van der Waals surface area (Å²) in [4.78, 5) is 9.31. The molecule has 1 aromatic carbocycles. The van der Waals surface area contributed by atoms with E-state index in [9.17, 15) is 0 Å². The molecule has 0 spiro atoms. The van der Waals surface area contributed by atoms with Crippen LogP contribution < -0.4 is 0 Å². The minimum Gasteiger partial charge on any atom is -0.418 e. The predicted octanol–water partition coefficient (Wildman–Crippen LogP) is 3.18. The minimum atomic E-state index is 0.550. The van der Waals surface area contributed by atoms with Crippen molar-refractivity contribution in [2.24, 2.45) is 0 Å². The highest BCUT2D eigenvalue weighted by atomic mass is 32.1. The van der Waals surface area contributed by atoms with Gasteiger partial charge in [0, 0.05) is 11.1 Å². The fourth-order valence-corrected chi connectivity index (χ4v) is 1.80. The van der Waals surface area contributed by atoms with E-state index in [4.69, 9.17) is 4.42 Å². The summed E-state index contributed by atoms with van der Waals surface area (Å²) in [5, 5.41) is 0. The van der Waals surface area contributed by atoms with Crippen LogP contribution in [0.1, 0.15) is 0 Å². The van der Waals surface area contributed by atoms with Crippen molar-refractivity contribution in [3.63, 3.8) is 0 Å². The van der Waals surface area contributed by atoms with Crippen LogP contribution in [0.25, 0.3) is 22.7 Å². The van der Waals surface area contributed by atoms with Crippen LogP contribution in [-0.4, -0.2) is 9.97 Å².